The number of hydrogen-bond acceptors (Lipinski definition) is 3. The second-order valence-electron chi connectivity index (χ2n) is 3.47. The van der Waals surface area contributed by atoms with Crippen LogP contribution in [0, 0.1) is 0 Å². The first kappa shape index (κ1) is 20.1. The normalized spacial score (nSPS) is 16.5. The first-order chi connectivity index (χ1) is 6.00. The number of allylic oxidation sites excluding steroid dienone is 1. The minimum atomic E-state index is -0.477. The molecule has 0 saturated carbocycles. The van der Waals surface area contributed by atoms with Crippen LogP contribution in [0.3, 0.4) is 0 Å². The van der Waals surface area contributed by atoms with Crippen molar-refractivity contribution in [2.24, 2.45) is 0 Å². The summed E-state index contributed by atoms with van der Waals surface area (Å²) in [5.74, 6) is -0.477. The summed E-state index contributed by atoms with van der Waals surface area (Å²) < 4.78 is 15.3. The van der Waals surface area contributed by atoms with Crippen molar-refractivity contribution in [1.82, 2.24) is 0 Å². The van der Waals surface area contributed by atoms with Crippen LogP contribution in [-0.2, 0) is 14.2 Å². The Morgan fingerprint density at radius 1 is 1.27 bits per heavy atom. The van der Waals surface area contributed by atoms with Crippen LogP contribution in [0.5, 0.6) is 0 Å². The molecule has 0 aromatic heterocycles. The molecular weight excluding hydrogens is 192 g/mol. The summed E-state index contributed by atoms with van der Waals surface area (Å²) in [6.45, 7) is 11.2. The Labute approximate surface area is 95.4 Å². The molecule has 1 heterocycles. The molecule has 94 valence electrons. The van der Waals surface area contributed by atoms with Gasteiger partial charge in [0.25, 0.3) is 0 Å². The van der Waals surface area contributed by atoms with Crippen LogP contribution in [0.25, 0.3) is 0 Å². The van der Waals surface area contributed by atoms with Crippen LogP contribution in [-0.4, -0.2) is 32.7 Å². The number of rotatable bonds is 2. The average Bonchev–Trinajstić information content (AvgIpc) is 2.35. The molecule has 1 aliphatic heterocycles. The Kier molecular flexibility index (Phi) is 13.6. The van der Waals surface area contributed by atoms with Gasteiger partial charge in [0.15, 0.2) is 5.79 Å². The van der Waals surface area contributed by atoms with E-state index in [4.69, 9.17) is 14.2 Å². The maximum atomic E-state index is 5.23. The molecule has 1 saturated heterocycles. The summed E-state index contributed by atoms with van der Waals surface area (Å²) in [4.78, 5) is 0. The third-order valence-corrected chi connectivity index (χ3v) is 1.30. The third-order valence-electron chi connectivity index (χ3n) is 1.30. The molecule has 0 unspecified atom stereocenters. The van der Waals surface area contributed by atoms with Crippen molar-refractivity contribution in [2.75, 3.05) is 26.9 Å². The van der Waals surface area contributed by atoms with Gasteiger partial charge in [-0.2, -0.15) is 0 Å². The van der Waals surface area contributed by atoms with Crippen molar-refractivity contribution in [3.05, 3.63) is 12.2 Å². The van der Waals surface area contributed by atoms with Crippen molar-refractivity contribution >= 4 is 0 Å². The lowest BCUT2D eigenvalue weighted by Crippen LogP contribution is -2.31. The van der Waals surface area contributed by atoms with Gasteiger partial charge in [0, 0.05) is 7.11 Å². The zero-order valence-electron chi connectivity index (χ0n) is 9.05. The topological polar surface area (TPSA) is 27.7 Å². The Hall–Kier alpha value is -0.380. The van der Waals surface area contributed by atoms with E-state index in [1.807, 2.05) is 20.8 Å². The smallest absolute Gasteiger partial charge is 0.189 e. The largest absolute Gasteiger partial charge is 0.379 e. The lowest BCUT2D eigenvalue weighted by atomic mass is 10.3. The van der Waals surface area contributed by atoms with E-state index < -0.39 is 5.79 Å². The lowest BCUT2D eigenvalue weighted by molar-refractivity contribution is -0.174. The summed E-state index contributed by atoms with van der Waals surface area (Å²) in [6, 6.07) is 0. The van der Waals surface area contributed by atoms with Gasteiger partial charge >= 0.3 is 0 Å². The van der Waals surface area contributed by atoms with Gasteiger partial charge < -0.3 is 14.2 Å². The zero-order valence-corrected chi connectivity index (χ0v) is 9.05. The molecule has 1 aliphatic rings. The van der Waals surface area contributed by atoms with Crippen molar-refractivity contribution in [3.8, 4) is 0 Å². The highest BCUT2D eigenvalue weighted by Crippen LogP contribution is 2.17. The van der Waals surface area contributed by atoms with E-state index in [0.717, 1.165) is 0 Å². The Bertz CT molecular complexity index is 145. The van der Waals surface area contributed by atoms with Crippen LogP contribution in [0.15, 0.2) is 12.2 Å². The lowest BCUT2D eigenvalue weighted by Gasteiger charge is -2.20. The molecular formula is C12H28O3. The molecule has 0 amide bonds. The van der Waals surface area contributed by atoms with Gasteiger partial charge in [-0.05, 0) is 20.8 Å². The Balaban J connectivity index is -0.000000213. The fourth-order valence-corrected chi connectivity index (χ4v) is 0.902. The zero-order chi connectivity index (χ0) is 10.3. The van der Waals surface area contributed by atoms with Gasteiger partial charge in [0.1, 0.15) is 0 Å². The van der Waals surface area contributed by atoms with Gasteiger partial charge in [-0.25, -0.2) is 0 Å². The minimum Gasteiger partial charge on any atom is -0.379 e. The quantitative estimate of drug-likeness (QED) is 0.669. The molecule has 0 atom stereocenters. The molecule has 0 aromatic carbocycles. The van der Waals surface area contributed by atoms with Gasteiger partial charge in [-0.3, -0.25) is 0 Å². The van der Waals surface area contributed by atoms with E-state index in [9.17, 15) is 0 Å². The third kappa shape index (κ3) is 11.5. The van der Waals surface area contributed by atoms with Crippen LogP contribution in [0.4, 0.5) is 0 Å². The molecule has 0 radical (unpaired) electrons. The van der Waals surface area contributed by atoms with E-state index in [-0.39, 0.29) is 14.9 Å². The molecule has 3 heteroatoms. The van der Waals surface area contributed by atoms with Gasteiger partial charge in [-0.15, -0.1) is 6.58 Å². The van der Waals surface area contributed by atoms with Crippen molar-refractivity contribution < 1.29 is 14.2 Å². The van der Waals surface area contributed by atoms with Crippen LogP contribution in [0.1, 0.15) is 35.6 Å². The van der Waals surface area contributed by atoms with E-state index in [0.29, 0.717) is 19.8 Å². The highest BCUT2D eigenvalue weighted by molar-refractivity contribution is 4.78. The van der Waals surface area contributed by atoms with E-state index in [1.54, 1.807) is 7.11 Å². The first-order valence-electron chi connectivity index (χ1n) is 4.39. The van der Waals surface area contributed by atoms with Crippen LogP contribution >= 0.6 is 0 Å². The summed E-state index contributed by atoms with van der Waals surface area (Å²) in [5.41, 5.74) is 1.17. The fraction of sp³-hybridized carbons (Fsp3) is 0.833. The van der Waals surface area contributed by atoms with Crippen LogP contribution < -0.4 is 0 Å². The molecule has 0 spiro atoms. The Morgan fingerprint density at radius 3 is 1.87 bits per heavy atom. The van der Waals surface area contributed by atoms with E-state index in [2.05, 4.69) is 6.58 Å². The summed E-state index contributed by atoms with van der Waals surface area (Å²) >= 11 is 0. The maximum absolute atomic E-state index is 5.23. The molecule has 0 aromatic rings. The van der Waals surface area contributed by atoms with Gasteiger partial charge in [0.2, 0.25) is 0 Å². The fourth-order valence-electron chi connectivity index (χ4n) is 0.902. The predicted octanol–water partition coefficient (Wildman–Crippen LogP) is 3.25. The highest BCUT2D eigenvalue weighted by atomic mass is 16.7. The molecule has 15 heavy (non-hydrogen) atoms. The predicted molar refractivity (Wildman–Crippen MR) is 66.1 cm³/mol. The molecule has 1 rings (SSSR count). The van der Waals surface area contributed by atoms with Gasteiger partial charge in [0.05, 0.1) is 19.8 Å². The monoisotopic (exact) mass is 220 g/mol. The molecule has 1 fully saturated rings. The summed E-state index contributed by atoms with van der Waals surface area (Å²) in [5, 5.41) is 0. The molecule has 3 nitrogen and oxygen atoms in total. The molecule has 0 bridgehead atoms. The first-order valence-corrected chi connectivity index (χ1v) is 4.39. The maximum Gasteiger partial charge on any atom is 0.189 e. The van der Waals surface area contributed by atoms with E-state index >= 15 is 0 Å². The van der Waals surface area contributed by atoms with Crippen molar-refractivity contribution in [2.45, 2.75) is 41.4 Å². The van der Waals surface area contributed by atoms with E-state index in [1.165, 1.54) is 5.57 Å². The van der Waals surface area contributed by atoms with Crippen molar-refractivity contribution in [3.63, 3.8) is 0 Å². The standard InChI is InChI=1S/C6H12O3.C4H8.2CH4/c1-6(5-7-2)8-3-4-9-6;1-4(2)3;;/h3-5H2,1-2H3;1H2,2-3H3;2*1H4. The average molecular weight is 220 g/mol. The van der Waals surface area contributed by atoms with Gasteiger partial charge in [-0.1, -0.05) is 20.4 Å². The molecule has 0 aliphatic carbocycles. The van der Waals surface area contributed by atoms with Crippen molar-refractivity contribution in [1.29, 1.82) is 0 Å². The SMILES string of the molecule is C.C.C=C(C)C.COCC1(C)OCCO1. The summed E-state index contributed by atoms with van der Waals surface area (Å²) in [7, 11) is 1.64. The van der Waals surface area contributed by atoms with Crippen LogP contribution in [0.2, 0.25) is 0 Å². The summed E-state index contributed by atoms with van der Waals surface area (Å²) in [6.07, 6.45) is 0. The number of methoxy groups -OCH3 is 1. The second-order valence-corrected chi connectivity index (χ2v) is 3.47. The minimum absolute atomic E-state index is 0. The second kappa shape index (κ2) is 10.1. The highest BCUT2D eigenvalue weighted by Gasteiger charge is 2.30. The Morgan fingerprint density at radius 2 is 1.60 bits per heavy atom. The number of ether oxygens (including phenoxy) is 3. The number of hydrogen-bond donors (Lipinski definition) is 0. The molecule has 0 N–H and O–H groups in total.